The predicted molar refractivity (Wildman–Crippen MR) is 105 cm³/mol. The lowest BCUT2D eigenvalue weighted by Gasteiger charge is -2.18. The molecule has 0 aromatic heterocycles. The molecule has 0 heterocycles. The monoisotopic (exact) mass is 330 g/mol. The number of carbonyl (C=O) groups excluding carboxylic acids is 1. The highest BCUT2D eigenvalue weighted by molar-refractivity contribution is 5.81. The normalized spacial score (nSPS) is 16.5. The van der Waals surface area contributed by atoms with Crippen molar-refractivity contribution < 1.29 is 4.79 Å². The van der Waals surface area contributed by atoms with Crippen molar-refractivity contribution in [2.24, 2.45) is 5.92 Å². The molecule has 3 rings (SSSR count). The Balaban J connectivity index is 1.56. The SMILES string of the molecule is CCC1C(CCC(=O)Cc2ccc(C)cc2)=CC=C1c1ccccc1. The van der Waals surface area contributed by atoms with Gasteiger partial charge in [0, 0.05) is 18.8 Å². The van der Waals surface area contributed by atoms with Crippen molar-refractivity contribution in [2.75, 3.05) is 0 Å². The van der Waals surface area contributed by atoms with Gasteiger partial charge < -0.3 is 0 Å². The zero-order chi connectivity index (χ0) is 17.6. The molecular weight excluding hydrogens is 304 g/mol. The van der Waals surface area contributed by atoms with E-state index in [0.717, 1.165) is 18.4 Å². The van der Waals surface area contributed by atoms with Gasteiger partial charge in [0.1, 0.15) is 5.78 Å². The fourth-order valence-corrected chi connectivity index (χ4v) is 3.60. The van der Waals surface area contributed by atoms with E-state index in [1.165, 1.54) is 22.3 Å². The molecule has 0 bridgehead atoms. The first kappa shape index (κ1) is 17.4. The number of aryl methyl sites for hydroxylation is 1. The minimum atomic E-state index is 0.327. The van der Waals surface area contributed by atoms with Crippen LogP contribution in [0, 0.1) is 12.8 Å². The summed E-state index contributed by atoms with van der Waals surface area (Å²) in [6, 6.07) is 18.9. The van der Waals surface area contributed by atoms with Crippen molar-refractivity contribution in [3.63, 3.8) is 0 Å². The Morgan fingerprint density at radius 3 is 2.36 bits per heavy atom. The van der Waals surface area contributed by atoms with Gasteiger partial charge in [0.2, 0.25) is 0 Å². The number of hydrogen-bond donors (Lipinski definition) is 0. The van der Waals surface area contributed by atoms with Crippen LogP contribution in [0.25, 0.3) is 5.57 Å². The second kappa shape index (κ2) is 8.11. The van der Waals surface area contributed by atoms with Crippen molar-refractivity contribution >= 4 is 11.4 Å². The molecule has 1 nitrogen and oxygen atoms in total. The van der Waals surface area contributed by atoms with Gasteiger partial charge in [-0.25, -0.2) is 0 Å². The standard InChI is InChI=1S/C24H26O/c1-3-23-21(14-16-24(23)20-7-5-4-6-8-20)13-15-22(25)17-19-11-9-18(2)10-12-19/h4-12,14,16,23H,3,13,15,17H2,1-2H3. The first-order valence-electron chi connectivity index (χ1n) is 9.20. The summed E-state index contributed by atoms with van der Waals surface area (Å²) in [6.07, 6.45) is 7.60. The molecule has 1 atom stereocenters. The van der Waals surface area contributed by atoms with E-state index in [1.807, 2.05) is 0 Å². The minimum Gasteiger partial charge on any atom is -0.299 e. The van der Waals surface area contributed by atoms with Gasteiger partial charge in [-0.05, 0) is 36.5 Å². The van der Waals surface area contributed by atoms with Crippen LogP contribution in [0.15, 0.2) is 72.3 Å². The van der Waals surface area contributed by atoms with E-state index in [2.05, 4.69) is 80.6 Å². The van der Waals surface area contributed by atoms with Crippen LogP contribution in [0.1, 0.15) is 42.9 Å². The highest BCUT2D eigenvalue weighted by Crippen LogP contribution is 2.38. The molecule has 1 heteroatoms. The van der Waals surface area contributed by atoms with Crippen LogP contribution in [-0.4, -0.2) is 5.78 Å². The second-order valence-corrected chi connectivity index (χ2v) is 6.89. The number of allylic oxidation sites excluding steroid dienone is 4. The molecule has 0 fully saturated rings. The van der Waals surface area contributed by atoms with Crippen LogP contribution in [0.2, 0.25) is 0 Å². The third-order valence-electron chi connectivity index (χ3n) is 5.03. The van der Waals surface area contributed by atoms with Crippen molar-refractivity contribution in [2.45, 2.75) is 39.5 Å². The van der Waals surface area contributed by atoms with Gasteiger partial charge in [-0.1, -0.05) is 84.8 Å². The Kier molecular flexibility index (Phi) is 5.65. The van der Waals surface area contributed by atoms with Crippen molar-refractivity contribution in [3.8, 4) is 0 Å². The van der Waals surface area contributed by atoms with Crippen LogP contribution >= 0.6 is 0 Å². The summed E-state index contributed by atoms with van der Waals surface area (Å²) in [6.45, 7) is 4.30. The van der Waals surface area contributed by atoms with Gasteiger partial charge in [-0.2, -0.15) is 0 Å². The third-order valence-corrected chi connectivity index (χ3v) is 5.03. The average molecular weight is 330 g/mol. The van der Waals surface area contributed by atoms with E-state index in [-0.39, 0.29) is 0 Å². The first-order chi connectivity index (χ1) is 12.2. The molecule has 0 aliphatic heterocycles. The molecule has 128 valence electrons. The summed E-state index contributed by atoms with van der Waals surface area (Å²) in [7, 11) is 0. The summed E-state index contributed by atoms with van der Waals surface area (Å²) < 4.78 is 0. The number of hydrogen-bond acceptors (Lipinski definition) is 1. The number of ketones is 1. The van der Waals surface area contributed by atoms with Crippen LogP contribution < -0.4 is 0 Å². The lowest BCUT2D eigenvalue weighted by molar-refractivity contribution is -0.118. The highest BCUT2D eigenvalue weighted by atomic mass is 16.1. The van der Waals surface area contributed by atoms with Crippen molar-refractivity contribution in [1.29, 1.82) is 0 Å². The van der Waals surface area contributed by atoms with Gasteiger partial charge >= 0.3 is 0 Å². The van der Waals surface area contributed by atoms with Gasteiger partial charge in [-0.15, -0.1) is 0 Å². The van der Waals surface area contributed by atoms with Gasteiger partial charge in [-0.3, -0.25) is 4.79 Å². The minimum absolute atomic E-state index is 0.327. The number of benzene rings is 2. The van der Waals surface area contributed by atoms with Crippen LogP contribution in [0.3, 0.4) is 0 Å². The van der Waals surface area contributed by atoms with E-state index in [1.54, 1.807) is 0 Å². The lowest BCUT2D eigenvalue weighted by Crippen LogP contribution is -2.07. The molecule has 1 unspecified atom stereocenters. The molecule has 1 aliphatic carbocycles. The van der Waals surface area contributed by atoms with Gasteiger partial charge in [0.05, 0.1) is 0 Å². The Bertz CT molecular complexity index is 779. The number of carbonyl (C=O) groups is 1. The molecule has 1 aliphatic rings. The van der Waals surface area contributed by atoms with Gasteiger partial charge in [0.15, 0.2) is 0 Å². The molecular formula is C24H26O. The summed E-state index contributed by atoms with van der Waals surface area (Å²) in [5.74, 6) is 0.780. The van der Waals surface area contributed by atoms with E-state index in [4.69, 9.17) is 0 Å². The van der Waals surface area contributed by atoms with E-state index in [9.17, 15) is 4.79 Å². The van der Waals surface area contributed by atoms with E-state index in [0.29, 0.717) is 24.5 Å². The summed E-state index contributed by atoms with van der Waals surface area (Å²) in [5.41, 5.74) is 6.44. The quantitative estimate of drug-likeness (QED) is 0.614. The van der Waals surface area contributed by atoms with Gasteiger partial charge in [0.25, 0.3) is 0 Å². The van der Waals surface area contributed by atoms with Crippen molar-refractivity contribution in [1.82, 2.24) is 0 Å². The molecule has 0 N–H and O–H groups in total. The maximum atomic E-state index is 12.4. The molecule has 0 saturated carbocycles. The van der Waals surface area contributed by atoms with E-state index >= 15 is 0 Å². The van der Waals surface area contributed by atoms with E-state index < -0.39 is 0 Å². The largest absolute Gasteiger partial charge is 0.299 e. The maximum absolute atomic E-state index is 12.4. The van der Waals surface area contributed by atoms with Crippen LogP contribution in [-0.2, 0) is 11.2 Å². The second-order valence-electron chi connectivity index (χ2n) is 6.89. The average Bonchev–Trinajstić information content (AvgIpc) is 3.05. The Morgan fingerprint density at radius 1 is 0.960 bits per heavy atom. The number of Topliss-reactive ketones (excluding diaryl/α,β-unsaturated/α-hetero) is 1. The third kappa shape index (κ3) is 4.36. The summed E-state index contributed by atoms with van der Waals surface area (Å²) in [4.78, 5) is 12.4. The Hall–Kier alpha value is -2.41. The predicted octanol–water partition coefficient (Wildman–Crippen LogP) is 5.94. The molecule has 2 aromatic carbocycles. The summed E-state index contributed by atoms with van der Waals surface area (Å²) in [5, 5.41) is 0. The number of rotatable bonds is 7. The smallest absolute Gasteiger partial charge is 0.137 e. The fourth-order valence-electron chi connectivity index (χ4n) is 3.60. The molecule has 0 saturated heterocycles. The first-order valence-corrected chi connectivity index (χ1v) is 9.20. The molecule has 0 radical (unpaired) electrons. The molecule has 0 amide bonds. The zero-order valence-corrected chi connectivity index (χ0v) is 15.2. The highest BCUT2D eigenvalue weighted by Gasteiger charge is 2.22. The van der Waals surface area contributed by atoms with Crippen LogP contribution in [0.5, 0.6) is 0 Å². The Morgan fingerprint density at radius 2 is 1.68 bits per heavy atom. The van der Waals surface area contributed by atoms with Crippen molar-refractivity contribution in [3.05, 3.63) is 89.0 Å². The zero-order valence-electron chi connectivity index (χ0n) is 15.2. The fraction of sp³-hybridized carbons (Fsp3) is 0.292. The lowest BCUT2D eigenvalue weighted by atomic mass is 9.86. The molecule has 25 heavy (non-hydrogen) atoms. The maximum Gasteiger partial charge on any atom is 0.137 e. The molecule has 0 spiro atoms. The summed E-state index contributed by atoms with van der Waals surface area (Å²) >= 11 is 0. The Labute approximate surface area is 151 Å². The molecule has 2 aromatic rings. The van der Waals surface area contributed by atoms with Crippen LogP contribution in [0.4, 0.5) is 0 Å². The topological polar surface area (TPSA) is 17.1 Å².